The van der Waals surface area contributed by atoms with E-state index in [4.69, 9.17) is 5.73 Å². The molecule has 1 atom stereocenters. The number of hydrogen-bond donors (Lipinski definition) is 1. The highest BCUT2D eigenvalue weighted by atomic mass is 79.9. The maximum absolute atomic E-state index is 6.10. The summed E-state index contributed by atoms with van der Waals surface area (Å²) in [7, 11) is 0. The van der Waals surface area contributed by atoms with Gasteiger partial charge in [-0.25, -0.2) is 4.98 Å². The molecule has 0 bridgehead atoms. The lowest BCUT2D eigenvalue weighted by Gasteiger charge is -2.12. The molecule has 1 saturated carbocycles. The Kier molecular flexibility index (Phi) is 2.39. The quantitative estimate of drug-likeness (QED) is 0.808. The number of aryl methyl sites for hydroxylation is 1. The number of hydrogen-bond acceptors (Lipinski definition) is 2. The van der Waals surface area contributed by atoms with Gasteiger partial charge in [-0.1, -0.05) is 6.07 Å². The predicted octanol–water partition coefficient (Wildman–Crippen LogP) is 2.56. The Labute approximate surface area is 86.7 Å². The summed E-state index contributed by atoms with van der Waals surface area (Å²) < 4.78 is 0.900. The van der Waals surface area contributed by atoms with Crippen LogP contribution in [0.3, 0.4) is 0 Å². The van der Waals surface area contributed by atoms with Crippen LogP contribution in [0, 0.1) is 12.8 Å². The Bertz CT molecular complexity index is 321. The first-order valence-corrected chi connectivity index (χ1v) is 5.35. The molecule has 1 heterocycles. The van der Waals surface area contributed by atoms with Gasteiger partial charge in [0, 0.05) is 17.8 Å². The number of rotatable bonds is 2. The first kappa shape index (κ1) is 9.16. The molecular formula is C10H13BrN2. The lowest BCUT2D eigenvalue weighted by Crippen LogP contribution is -2.13. The van der Waals surface area contributed by atoms with E-state index in [1.165, 1.54) is 18.4 Å². The molecule has 1 aliphatic carbocycles. The van der Waals surface area contributed by atoms with Crippen molar-refractivity contribution in [1.82, 2.24) is 4.98 Å². The van der Waals surface area contributed by atoms with Crippen molar-refractivity contribution in [3.05, 3.63) is 28.0 Å². The summed E-state index contributed by atoms with van der Waals surface area (Å²) in [6.07, 6.45) is 4.39. The number of aromatic nitrogens is 1. The van der Waals surface area contributed by atoms with Crippen molar-refractivity contribution >= 4 is 15.9 Å². The Morgan fingerprint density at radius 3 is 2.92 bits per heavy atom. The van der Waals surface area contributed by atoms with Crippen LogP contribution in [0.1, 0.15) is 30.0 Å². The molecule has 0 saturated heterocycles. The summed E-state index contributed by atoms with van der Waals surface area (Å²) in [5.41, 5.74) is 8.43. The van der Waals surface area contributed by atoms with Crippen LogP contribution < -0.4 is 5.73 Å². The summed E-state index contributed by atoms with van der Waals surface area (Å²) >= 11 is 3.44. The lowest BCUT2D eigenvalue weighted by molar-refractivity contribution is 0.627. The van der Waals surface area contributed by atoms with Crippen LogP contribution in [0.2, 0.25) is 0 Å². The van der Waals surface area contributed by atoms with Gasteiger partial charge >= 0.3 is 0 Å². The van der Waals surface area contributed by atoms with E-state index in [2.05, 4.69) is 27.0 Å². The van der Waals surface area contributed by atoms with Crippen molar-refractivity contribution in [2.24, 2.45) is 11.7 Å². The summed E-state index contributed by atoms with van der Waals surface area (Å²) in [5.74, 6) is 0.680. The molecule has 0 unspecified atom stereocenters. The molecule has 3 heteroatoms. The van der Waals surface area contributed by atoms with E-state index in [-0.39, 0.29) is 6.04 Å². The number of pyridine rings is 1. The Hall–Kier alpha value is -0.410. The molecule has 0 aromatic carbocycles. The van der Waals surface area contributed by atoms with Gasteiger partial charge in [0.25, 0.3) is 0 Å². The number of nitrogens with zero attached hydrogens (tertiary/aromatic N) is 1. The van der Waals surface area contributed by atoms with Crippen LogP contribution >= 0.6 is 15.9 Å². The Morgan fingerprint density at radius 1 is 1.62 bits per heavy atom. The fraction of sp³-hybridized carbons (Fsp3) is 0.500. The molecular weight excluding hydrogens is 228 g/mol. The van der Waals surface area contributed by atoms with Crippen molar-refractivity contribution in [3.8, 4) is 0 Å². The molecule has 1 aliphatic rings. The van der Waals surface area contributed by atoms with E-state index in [1.54, 1.807) is 0 Å². The van der Waals surface area contributed by atoms with Crippen LogP contribution in [0.4, 0.5) is 0 Å². The molecule has 0 aliphatic heterocycles. The monoisotopic (exact) mass is 240 g/mol. The zero-order valence-corrected chi connectivity index (χ0v) is 9.21. The number of nitrogens with two attached hydrogens (primary N) is 1. The van der Waals surface area contributed by atoms with Gasteiger partial charge in [-0.15, -0.1) is 0 Å². The van der Waals surface area contributed by atoms with E-state index >= 15 is 0 Å². The minimum atomic E-state index is 0.168. The largest absolute Gasteiger partial charge is 0.324 e. The minimum absolute atomic E-state index is 0.168. The van der Waals surface area contributed by atoms with Crippen molar-refractivity contribution < 1.29 is 0 Å². The van der Waals surface area contributed by atoms with Crippen LogP contribution in [0.25, 0.3) is 0 Å². The second kappa shape index (κ2) is 3.39. The SMILES string of the molecule is Cc1cnc(Br)c([C@H](N)C2CC2)c1. The minimum Gasteiger partial charge on any atom is -0.324 e. The molecule has 70 valence electrons. The summed E-state index contributed by atoms with van der Waals surface area (Å²) in [5, 5.41) is 0. The van der Waals surface area contributed by atoms with Gasteiger partial charge in [0.1, 0.15) is 4.60 Å². The molecule has 13 heavy (non-hydrogen) atoms. The average Bonchev–Trinajstić information content (AvgIpc) is 2.91. The van der Waals surface area contributed by atoms with Crippen LogP contribution in [0.5, 0.6) is 0 Å². The molecule has 0 radical (unpaired) electrons. The zero-order valence-electron chi connectivity index (χ0n) is 7.63. The van der Waals surface area contributed by atoms with E-state index < -0.39 is 0 Å². The third kappa shape index (κ3) is 1.92. The molecule has 2 rings (SSSR count). The smallest absolute Gasteiger partial charge is 0.110 e. The van der Waals surface area contributed by atoms with E-state index in [0.29, 0.717) is 5.92 Å². The standard InChI is InChI=1S/C10H13BrN2/c1-6-4-8(10(11)13-5-6)9(12)7-2-3-7/h4-5,7,9H,2-3,12H2,1H3/t9-/m1/s1. The van der Waals surface area contributed by atoms with E-state index in [0.717, 1.165) is 10.2 Å². The molecule has 1 aromatic heterocycles. The highest BCUT2D eigenvalue weighted by molar-refractivity contribution is 9.10. The third-order valence-electron chi connectivity index (χ3n) is 2.49. The maximum atomic E-state index is 6.10. The second-order valence-electron chi connectivity index (χ2n) is 3.76. The molecule has 0 amide bonds. The highest BCUT2D eigenvalue weighted by Gasteiger charge is 2.30. The second-order valence-corrected chi connectivity index (χ2v) is 4.51. The van der Waals surface area contributed by atoms with Crippen LogP contribution in [-0.4, -0.2) is 4.98 Å². The van der Waals surface area contributed by atoms with Crippen LogP contribution in [0.15, 0.2) is 16.9 Å². The summed E-state index contributed by atoms with van der Waals surface area (Å²) in [6.45, 7) is 2.04. The van der Waals surface area contributed by atoms with Gasteiger partial charge in [-0.2, -0.15) is 0 Å². The molecule has 1 aromatic rings. The van der Waals surface area contributed by atoms with Gasteiger partial charge in [0.05, 0.1) is 0 Å². The first-order valence-electron chi connectivity index (χ1n) is 4.56. The van der Waals surface area contributed by atoms with Gasteiger partial charge < -0.3 is 5.73 Å². The van der Waals surface area contributed by atoms with Crippen LogP contribution in [-0.2, 0) is 0 Å². The van der Waals surface area contributed by atoms with Gasteiger partial charge in [-0.3, -0.25) is 0 Å². The summed E-state index contributed by atoms with van der Waals surface area (Å²) in [6, 6.07) is 2.29. The first-order chi connectivity index (χ1) is 6.18. The average molecular weight is 241 g/mol. The fourth-order valence-corrected chi connectivity index (χ4v) is 2.00. The Balaban J connectivity index is 2.31. The third-order valence-corrected chi connectivity index (χ3v) is 3.15. The number of halogens is 1. The normalized spacial score (nSPS) is 18.7. The van der Waals surface area contributed by atoms with Crippen molar-refractivity contribution in [2.75, 3.05) is 0 Å². The fourth-order valence-electron chi connectivity index (χ4n) is 1.52. The molecule has 0 spiro atoms. The Morgan fingerprint density at radius 2 is 2.31 bits per heavy atom. The van der Waals surface area contributed by atoms with Crippen molar-refractivity contribution in [1.29, 1.82) is 0 Å². The molecule has 1 fully saturated rings. The molecule has 2 nitrogen and oxygen atoms in total. The summed E-state index contributed by atoms with van der Waals surface area (Å²) in [4.78, 5) is 4.25. The van der Waals surface area contributed by atoms with Gasteiger partial charge in [-0.05, 0) is 47.2 Å². The maximum Gasteiger partial charge on any atom is 0.110 e. The highest BCUT2D eigenvalue weighted by Crippen LogP contribution is 2.41. The van der Waals surface area contributed by atoms with Gasteiger partial charge in [0.2, 0.25) is 0 Å². The molecule has 2 N–H and O–H groups in total. The van der Waals surface area contributed by atoms with E-state index in [9.17, 15) is 0 Å². The lowest BCUT2D eigenvalue weighted by atomic mass is 10.0. The van der Waals surface area contributed by atoms with E-state index in [1.807, 2.05) is 13.1 Å². The topological polar surface area (TPSA) is 38.9 Å². The van der Waals surface area contributed by atoms with Crippen molar-refractivity contribution in [3.63, 3.8) is 0 Å². The van der Waals surface area contributed by atoms with Crippen molar-refractivity contribution in [2.45, 2.75) is 25.8 Å². The predicted molar refractivity (Wildman–Crippen MR) is 56.3 cm³/mol. The zero-order chi connectivity index (χ0) is 9.42. The van der Waals surface area contributed by atoms with Gasteiger partial charge in [0.15, 0.2) is 0 Å².